The van der Waals surface area contributed by atoms with Gasteiger partial charge in [-0.2, -0.15) is 4.68 Å². The van der Waals surface area contributed by atoms with E-state index < -0.39 is 0 Å². The molecule has 1 aliphatic rings. The number of carbonyl (C=O) groups excluding carboxylic acids is 1. The van der Waals surface area contributed by atoms with Crippen LogP contribution in [0.1, 0.15) is 24.0 Å². The molecule has 3 rings (SSSR count). The molecule has 0 unspecified atom stereocenters. The zero-order valence-corrected chi connectivity index (χ0v) is 14.7. The molecule has 1 aliphatic heterocycles. The van der Waals surface area contributed by atoms with Gasteiger partial charge in [0.15, 0.2) is 0 Å². The summed E-state index contributed by atoms with van der Waals surface area (Å²) in [6.45, 7) is 5.43. The largest absolute Gasteiger partial charge is 0.376 e. The van der Waals surface area contributed by atoms with Gasteiger partial charge >= 0.3 is 0 Å². The standard InChI is InChI=1S/C16H21N5O2S/c1-11-5-6-14(12(2)8-11)21-16(18-19-20-21)24-10-15(22)17-9-13-4-3-7-23-13/h5-6,8,13H,3-4,7,9-10H2,1-2H3,(H,17,22)/t13-/m0/s1. The Morgan fingerprint density at radius 2 is 2.33 bits per heavy atom. The quantitative estimate of drug-likeness (QED) is 0.801. The van der Waals surface area contributed by atoms with Crippen LogP contribution >= 0.6 is 11.8 Å². The van der Waals surface area contributed by atoms with Crippen LogP contribution in [-0.2, 0) is 9.53 Å². The van der Waals surface area contributed by atoms with E-state index in [4.69, 9.17) is 4.74 Å². The number of nitrogens with one attached hydrogen (secondary N) is 1. The smallest absolute Gasteiger partial charge is 0.230 e. The van der Waals surface area contributed by atoms with E-state index in [1.807, 2.05) is 26.0 Å². The maximum atomic E-state index is 12.0. The lowest BCUT2D eigenvalue weighted by molar-refractivity contribution is -0.119. The van der Waals surface area contributed by atoms with Gasteiger partial charge < -0.3 is 10.1 Å². The lowest BCUT2D eigenvalue weighted by Gasteiger charge is -2.11. The number of aromatic nitrogens is 4. The highest BCUT2D eigenvalue weighted by Gasteiger charge is 2.17. The van der Waals surface area contributed by atoms with Crippen LogP contribution in [0.15, 0.2) is 23.4 Å². The molecular weight excluding hydrogens is 326 g/mol. The van der Waals surface area contributed by atoms with Gasteiger partial charge in [-0.25, -0.2) is 0 Å². The molecule has 1 aromatic heterocycles. The third-order valence-corrected chi connectivity index (χ3v) is 4.82. The third-order valence-electron chi connectivity index (χ3n) is 3.90. The van der Waals surface area contributed by atoms with Crippen LogP contribution in [-0.4, -0.2) is 51.1 Å². The van der Waals surface area contributed by atoms with E-state index in [1.54, 1.807) is 4.68 Å². The van der Waals surface area contributed by atoms with Crippen molar-refractivity contribution in [2.75, 3.05) is 18.9 Å². The van der Waals surface area contributed by atoms with Crippen LogP contribution in [0.4, 0.5) is 0 Å². The molecule has 1 atom stereocenters. The molecule has 0 aliphatic carbocycles. The lowest BCUT2D eigenvalue weighted by Crippen LogP contribution is -2.32. The second kappa shape index (κ2) is 7.76. The van der Waals surface area contributed by atoms with Gasteiger partial charge in [0, 0.05) is 13.2 Å². The SMILES string of the molecule is Cc1ccc(-n2nnnc2SCC(=O)NC[C@@H]2CCCO2)c(C)c1. The molecule has 1 aromatic carbocycles. The summed E-state index contributed by atoms with van der Waals surface area (Å²) in [7, 11) is 0. The number of aryl methyl sites for hydroxylation is 2. The zero-order chi connectivity index (χ0) is 16.9. The van der Waals surface area contributed by atoms with Crippen LogP contribution in [0.3, 0.4) is 0 Å². The molecule has 1 amide bonds. The van der Waals surface area contributed by atoms with Crippen LogP contribution in [0.2, 0.25) is 0 Å². The highest BCUT2D eigenvalue weighted by Crippen LogP contribution is 2.21. The van der Waals surface area contributed by atoms with E-state index in [0.29, 0.717) is 11.7 Å². The van der Waals surface area contributed by atoms with E-state index in [2.05, 4.69) is 26.9 Å². The van der Waals surface area contributed by atoms with Gasteiger partial charge in [-0.3, -0.25) is 4.79 Å². The van der Waals surface area contributed by atoms with Crippen molar-refractivity contribution in [2.24, 2.45) is 0 Å². The monoisotopic (exact) mass is 347 g/mol. The third kappa shape index (κ3) is 4.12. The second-order valence-electron chi connectivity index (χ2n) is 5.89. The Hall–Kier alpha value is -1.93. The highest BCUT2D eigenvalue weighted by atomic mass is 32.2. The van der Waals surface area contributed by atoms with Gasteiger partial charge in [-0.1, -0.05) is 29.5 Å². The van der Waals surface area contributed by atoms with Gasteiger partial charge in [0.2, 0.25) is 11.1 Å². The van der Waals surface area contributed by atoms with Gasteiger partial charge in [-0.15, -0.1) is 5.10 Å². The first kappa shape index (κ1) is 16.9. The first-order valence-electron chi connectivity index (χ1n) is 8.00. The predicted molar refractivity (Wildman–Crippen MR) is 91.3 cm³/mol. The summed E-state index contributed by atoms with van der Waals surface area (Å²) in [4.78, 5) is 12.0. The highest BCUT2D eigenvalue weighted by molar-refractivity contribution is 7.99. The average molecular weight is 347 g/mol. The van der Waals surface area contributed by atoms with E-state index in [1.165, 1.54) is 17.3 Å². The predicted octanol–water partition coefficient (Wildman–Crippen LogP) is 1.67. The van der Waals surface area contributed by atoms with Crippen LogP contribution in [0, 0.1) is 13.8 Å². The van der Waals surface area contributed by atoms with E-state index in [0.717, 1.165) is 30.7 Å². The van der Waals surface area contributed by atoms with E-state index >= 15 is 0 Å². The van der Waals surface area contributed by atoms with Gasteiger partial charge in [-0.05, 0) is 48.7 Å². The van der Waals surface area contributed by atoms with Crippen molar-refractivity contribution in [1.82, 2.24) is 25.5 Å². The second-order valence-corrected chi connectivity index (χ2v) is 6.83. The molecule has 0 saturated carbocycles. The Balaban J connectivity index is 1.58. The summed E-state index contributed by atoms with van der Waals surface area (Å²) < 4.78 is 7.17. The molecule has 2 aromatic rings. The minimum absolute atomic E-state index is 0.0364. The van der Waals surface area contributed by atoms with Gasteiger partial charge in [0.05, 0.1) is 17.5 Å². The first-order chi connectivity index (χ1) is 11.6. The number of rotatable bonds is 6. The fourth-order valence-electron chi connectivity index (χ4n) is 2.68. The lowest BCUT2D eigenvalue weighted by atomic mass is 10.1. The summed E-state index contributed by atoms with van der Waals surface area (Å²) in [5.74, 6) is 0.239. The molecule has 7 nitrogen and oxygen atoms in total. The summed E-state index contributed by atoms with van der Waals surface area (Å²) >= 11 is 1.33. The molecule has 24 heavy (non-hydrogen) atoms. The van der Waals surface area contributed by atoms with Crippen molar-refractivity contribution in [3.8, 4) is 5.69 Å². The molecule has 0 bridgehead atoms. The van der Waals surface area contributed by atoms with Crippen molar-refractivity contribution >= 4 is 17.7 Å². The normalized spacial score (nSPS) is 17.2. The average Bonchev–Trinajstić information content (AvgIpc) is 3.22. The minimum Gasteiger partial charge on any atom is -0.376 e. The maximum Gasteiger partial charge on any atom is 0.230 e. The topological polar surface area (TPSA) is 81.9 Å². The first-order valence-corrected chi connectivity index (χ1v) is 8.99. The van der Waals surface area contributed by atoms with Gasteiger partial charge in [0.1, 0.15) is 0 Å². The number of tetrazole rings is 1. The fraction of sp³-hybridized carbons (Fsp3) is 0.500. The fourth-order valence-corrected chi connectivity index (χ4v) is 3.39. The van der Waals surface area contributed by atoms with Crippen molar-refractivity contribution in [1.29, 1.82) is 0 Å². The van der Waals surface area contributed by atoms with E-state index in [9.17, 15) is 4.79 Å². The van der Waals surface area contributed by atoms with Crippen molar-refractivity contribution in [3.63, 3.8) is 0 Å². The summed E-state index contributed by atoms with van der Waals surface area (Å²) in [5.41, 5.74) is 3.20. The van der Waals surface area contributed by atoms with Crippen molar-refractivity contribution in [2.45, 2.75) is 37.9 Å². The molecule has 0 radical (unpaired) electrons. The molecule has 2 heterocycles. The Kier molecular flexibility index (Phi) is 5.47. The van der Waals surface area contributed by atoms with Crippen molar-refractivity contribution in [3.05, 3.63) is 29.3 Å². The molecule has 1 saturated heterocycles. The number of hydrogen-bond acceptors (Lipinski definition) is 6. The number of hydrogen-bond donors (Lipinski definition) is 1. The molecule has 128 valence electrons. The zero-order valence-electron chi connectivity index (χ0n) is 13.9. The Morgan fingerprint density at radius 3 is 3.08 bits per heavy atom. The van der Waals surface area contributed by atoms with Crippen LogP contribution < -0.4 is 5.32 Å². The van der Waals surface area contributed by atoms with Crippen molar-refractivity contribution < 1.29 is 9.53 Å². The Bertz CT molecular complexity index is 712. The van der Waals surface area contributed by atoms with E-state index in [-0.39, 0.29) is 17.8 Å². The Labute approximate surface area is 145 Å². The van der Waals surface area contributed by atoms with Crippen LogP contribution in [0.5, 0.6) is 0 Å². The molecular formula is C16H21N5O2S. The van der Waals surface area contributed by atoms with Crippen LogP contribution in [0.25, 0.3) is 5.69 Å². The number of carbonyl (C=O) groups is 1. The summed E-state index contributed by atoms with van der Waals surface area (Å²) in [5, 5.41) is 15.3. The number of benzene rings is 1. The number of ether oxygens (including phenoxy) is 1. The minimum atomic E-state index is -0.0364. The number of thioether (sulfide) groups is 1. The van der Waals surface area contributed by atoms with Gasteiger partial charge in [0.25, 0.3) is 0 Å². The molecule has 1 N–H and O–H groups in total. The molecule has 8 heteroatoms. The summed E-state index contributed by atoms with van der Waals surface area (Å²) in [6, 6.07) is 6.09. The Morgan fingerprint density at radius 1 is 1.46 bits per heavy atom. The summed E-state index contributed by atoms with van der Waals surface area (Å²) in [6.07, 6.45) is 2.23. The number of nitrogens with zero attached hydrogens (tertiary/aromatic N) is 4. The molecule has 0 spiro atoms. The maximum absolute atomic E-state index is 12.0. The molecule has 1 fully saturated rings. The number of amides is 1.